The van der Waals surface area contributed by atoms with Crippen LogP contribution in [-0.4, -0.2) is 10.9 Å². The first-order valence-corrected chi connectivity index (χ1v) is 7.33. The summed E-state index contributed by atoms with van der Waals surface area (Å²) in [6, 6.07) is 15.8. The molecular weight excluding hydrogens is 280 g/mol. The average molecular weight is 296 g/mol. The number of aryl methyl sites for hydroxylation is 1. The van der Waals surface area contributed by atoms with Gasteiger partial charge in [0.2, 0.25) is 5.91 Å². The Morgan fingerprint density at radius 3 is 2.52 bits per heavy atom. The topological polar surface area (TPSA) is 46.3 Å². The molecule has 1 aliphatic rings. The Morgan fingerprint density at radius 2 is 1.81 bits per heavy atom. The molecule has 21 heavy (non-hydrogen) atoms. The van der Waals surface area contributed by atoms with E-state index in [0.717, 1.165) is 23.2 Å². The average Bonchev–Trinajstić information content (AvgIpc) is 2.51. The molecule has 0 fully saturated rings. The SMILES string of the molecule is NC(=S)c1ccc(CN2C(=O)CCc3ccccc32)cc1. The molecule has 0 bridgehead atoms. The van der Waals surface area contributed by atoms with Crippen LogP contribution >= 0.6 is 12.2 Å². The molecule has 0 spiro atoms. The third kappa shape index (κ3) is 2.81. The summed E-state index contributed by atoms with van der Waals surface area (Å²) in [6.45, 7) is 0.577. The van der Waals surface area contributed by atoms with Crippen molar-refractivity contribution in [2.45, 2.75) is 19.4 Å². The van der Waals surface area contributed by atoms with Crippen LogP contribution in [0.3, 0.4) is 0 Å². The number of hydrogen-bond acceptors (Lipinski definition) is 2. The molecule has 3 nitrogen and oxygen atoms in total. The second kappa shape index (κ2) is 5.66. The van der Waals surface area contributed by atoms with Crippen molar-refractivity contribution < 1.29 is 4.79 Å². The highest BCUT2D eigenvalue weighted by atomic mass is 32.1. The van der Waals surface area contributed by atoms with Crippen molar-refractivity contribution in [2.24, 2.45) is 5.73 Å². The zero-order valence-electron chi connectivity index (χ0n) is 11.6. The Balaban J connectivity index is 1.87. The molecule has 2 N–H and O–H groups in total. The maximum atomic E-state index is 12.2. The monoisotopic (exact) mass is 296 g/mol. The molecule has 0 radical (unpaired) electrons. The summed E-state index contributed by atoms with van der Waals surface area (Å²) in [5.74, 6) is 0.173. The third-order valence-electron chi connectivity index (χ3n) is 3.77. The highest BCUT2D eigenvalue weighted by molar-refractivity contribution is 7.80. The summed E-state index contributed by atoms with van der Waals surface area (Å²) in [5, 5.41) is 0. The Kier molecular flexibility index (Phi) is 3.71. The molecule has 1 amide bonds. The van der Waals surface area contributed by atoms with E-state index in [-0.39, 0.29) is 5.91 Å². The van der Waals surface area contributed by atoms with Crippen molar-refractivity contribution in [3.8, 4) is 0 Å². The van der Waals surface area contributed by atoms with Gasteiger partial charge >= 0.3 is 0 Å². The fraction of sp³-hybridized carbons (Fsp3) is 0.176. The molecule has 1 heterocycles. The highest BCUT2D eigenvalue weighted by Gasteiger charge is 2.23. The van der Waals surface area contributed by atoms with Gasteiger partial charge in [0.1, 0.15) is 4.99 Å². The van der Waals surface area contributed by atoms with Crippen LogP contribution in [0.25, 0.3) is 0 Å². The van der Waals surface area contributed by atoms with Gasteiger partial charge in [0.25, 0.3) is 0 Å². The fourth-order valence-corrected chi connectivity index (χ4v) is 2.76. The van der Waals surface area contributed by atoms with Crippen LogP contribution in [0, 0.1) is 0 Å². The number of nitrogens with two attached hydrogens (primary N) is 1. The number of carbonyl (C=O) groups excluding carboxylic acids is 1. The number of carbonyl (C=O) groups is 1. The summed E-state index contributed by atoms with van der Waals surface area (Å²) < 4.78 is 0. The van der Waals surface area contributed by atoms with Crippen LogP contribution in [0.1, 0.15) is 23.1 Å². The number of benzene rings is 2. The molecule has 0 saturated carbocycles. The number of hydrogen-bond donors (Lipinski definition) is 1. The van der Waals surface area contributed by atoms with E-state index in [0.29, 0.717) is 18.0 Å². The molecule has 2 aromatic carbocycles. The van der Waals surface area contributed by atoms with Crippen LogP contribution in [0.4, 0.5) is 5.69 Å². The zero-order valence-corrected chi connectivity index (χ0v) is 12.4. The van der Waals surface area contributed by atoms with Crippen LogP contribution in [0.15, 0.2) is 48.5 Å². The lowest BCUT2D eigenvalue weighted by Gasteiger charge is -2.29. The predicted octanol–water partition coefficient (Wildman–Crippen LogP) is 2.80. The van der Waals surface area contributed by atoms with Crippen molar-refractivity contribution in [3.63, 3.8) is 0 Å². The van der Waals surface area contributed by atoms with Crippen LogP contribution < -0.4 is 10.6 Å². The second-order valence-electron chi connectivity index (χ2n) is 5.17. The van der Waals surface area contributed by atoms with Gasteiger partial charge in [-0.25, -0.2) is 0 Å². The van der Waals surface area contributed by atoms with Gasteiger partial charge in [-0.05, 0) is 23.6 Å². The normalized spacial score (nSPS) is 13.9. The lowest BCUT2D eigenvalue weighted by atomic mass is 10.0. The molecule has 4 heteroatoms. The lowest BCUT2D eigenvalue weighted by molar-refractivity contribution is -0.119. The largest absolute Gasteiger partial charge is 0.389 e. The van der Waals surface area contributed by atoms with Gasteiger partial charge in [-0.1, -0.05) is 54.7 Å². The molecule has 2 aromatic rings. The lowest BCUT2D eigenvalue weighted by Crippen LogP contribution is -2.34. The Morgan fingerprint density at radius 1 is 1.10 bits per heavy atom. The first-order valence-electron chi connectivity index (χ1n) is 6.92. The number of rotatable bonds is 3. The molecule has 0 atom stereocenters. The van der Waals surface area contributed by atoms with Crippen molar-refractivity contribution >= 4 is 28.8 Å². The van der Waals surface area contributed by atoms with Crippen LogP contribution in [-0.2, 0) is 17.8 Å². The van der Waals surface area contributed by atoms with Gasteiger partial charge in [-0.2, -0.15) is 0 Å². The number of anilines is 1. The molecule has 0 saturated heterocycles. The smallest absolute Gasteiger partial charge is 0.227 e. The van der Waals surface area contributed by atoms with Crippen LogP contribution in [0.2, 0.25) is 0 Å². The number of amides is 1. The molecule has 106 valence electrons. The van der Waals surface area contributed by atoms with Gasteiger partial charge in [-0.15, -0.1) is 0 Å². The molecule has 0 aliphatic carbocycles. The minimum absolute atomic E-state index is 0.173. The fourth-order valence-electron chi connectivity index (χ4n) is 2.63. The first kappa shape index (κ1) is 13.8. The zero-order chi connectivity index (χ0) is 14.8. The van der Waals surface area contributed by atoms with E-state index in [4.69, 9.17) is 18.0 Å². The molecule has 0 aromatic heterocycles. The van der Waals surface area contributed by atoms with Gasteiger partial charge in [0.05, 0.1) is 6.54 Å². The van der Waals surface area contributed by atoms with Crippen LogP contribution in [0.5, 0.6) is 0 Å². The van der Waals surface area contributed by atoms with E-state index in [9.17, 15) is 4.79 Å². The molecular formula is C17H16N2OS. The van der Waals surface area contributed by atoms with E-state index in [1.807, 2.05) is 47.4 Å². The Bertz CT molecular complexity index is 694. The van der Waals surface area contributed by atoms with Gasteiger partial charge in [0.15, 0.2) is 0 Å². The number of thiocarbonyl (C=S) groups is 1. The minimum Gasteiger partial charge on any atom is -0.389 e. The van der Waals surface area contributed by atoms with E-state index in [1.54, 1.807) is 0 Å². The summed E-state index contributed by atoms with van der Waals surface area (Å²) in [7, 11) is 0. The predicted molar refractivity (Wildman–Crippen MR) is 88.3 cm³/mol. The van der Waals surface area contributed by atoms with E-state index in [2.05, 4.69) is 6.07 Å². The first-order chi connectivity index (χ1) is 10.1. The minimum atomic E-state index is 0.173. The molecule has 3 rings (SSSR count). The molecule has 0 unspecified atom stereocenters. The van der Waals surface area contributed by atoms with E-state index < -0.39 is 0 Å². The Labute approximate surface area is 129 Å². The van der Waals surface area contributed by atoms with Crippen molar-refractivity contribution in [1.29, 1.82) is 0 Å². The van der Waals surface area contributed by atoms with Crippen molar-refractivity contribution in [1.82, 2.24) is 0 Å². The van der Waals surface area contributed by atoms with Crippen molar-refractivity contribution in [3.05, 3.63) is 65.2 Å². The van der Waals surface area contributed by atoms with E-state index >= 15 is 0 Å². The maximum absolute atomic E-state index is 12.2. The summed E-state index contributed by atoms with van der Waals surface area (Å²) in [6.07, 6.45) is 1.40. The standard InChI is InChI=1S/C17H16N2OS/c18-17(21)14-7-5-12(6-8-14)11-19-15-4-2-1-3-13(15)9-10-16(19)20/h1-8H,9-11H2,(H2,18,21). The number of fused-ring (bicyclic) bond motifs is 1. The molecule has 1 aliphatic heterocycles. The Hall–Kier alpha value is -2.20. The summed E-state index contributed by atoms with van der Waals surface area (Å²) >= 11 is 4.95. The maximum Gasteiger partial charge on any atom is 0.227 e. The van der Waals surface area contributed by atoms with Gasteiger partial charge < -0.3 is 10.6 Å². The van der Waals surface area contributed by atoms with E-state index in [1.165, 1.54) is 5.56 Å². The number of nitrogens with zero attached hydrogens (tertiary/aromatic N) is 1. The van der Waals surface area contributed by atoms with Gasteiger partial charge in [-0.3, -0.25) is 4.79 Å². The van der Waals surface area contributed by atoms with Gasteiger partial charge in [0, 0.05) is 17.7 Å². The summed E-state index contributed by atoms with van der Waals surface area (Å²) in [4.78, 5) is 14.5. The third-order valence-corrected chi connectivity index (χ3v) is 4.01. The highest BCUT2D eigenvalue weighted by Crippen LogP contribution is 2.28. The quantitative estimate of drug-likeness (QED) is 0.886. The second-order valence-corrected chi connectivity index (χ2v) is 5.61. The van der Waals surface area contributed by atoms with Crippen molar-refractivity contribution in [2.75, 3.05) is 4.90 Å². The summed E-state index contributed by atoms with van der Waals surface area (Å²) in [5.41, 5.74) is 9.77. The number of para-hydroxylation sites is 1.